The zero-order valence-corrected chi connectivity index (χ0v) is 14.6. The SMILES string of the molecule is C=CN1CC2(C1)CN(C(=O)CN1CCN(CC)CC1)C2.CC. The van der Waals surface area contributed by atoms with Crippen LogP contribution in [-0.4, -0.2) is 91.0 Å². The summed E-state index contributed by atoms with van der Waals surface area (Å²) in [6, 6.07) is 0. The highest BCUT2D eigenvalue weighted by atomic mass is 16.2. The molecule has 1 amide bonds. The molecule has 5 heteroatoms. The topological polar surface area (TPSA) is 30.0 Å². The van der Waals surface area contributed by atoms with Gasteiger partial charge in [0.1, 0.15) is 0 Å². The number of hydrogen-bond acceptors (Lipinski definition) is 4. The van der Waals surface area contributed by atoms with Gasteiger partial charge in [0, 0.05) is 57.8 Å². The van der Waals surface area contributed by atoms with E-state index in [1.54, 1.807) is 0 Å². The predicted octanol–water partition coefficient (Wildman–Crippen LogP) is 0.938. The molecule has 0 N–H and O–H groups in total. The smallest absolute Gasteiger partial charge is 0.236 e. The van der Waals surface area contributed by atoms with E-state index in [9.17, 15) is 4.79 Å². The summed E-state index contributed by atoms with van der Waals surface area (Å²) in [5.41, 5.74) is 0.394. The monoisotopic (exact) mass is 308 g/mol. The fourth-order valence-corrected chi connectivity index (χ4v) is 3.64. The standard InChI is InChI=1S/C15H26N4O.C2H6/c1-3-16-5-7-18(8-6-16)9-14(20)19-12-15(13-19)10-17(4-2)11-15;1-2/h4H,2-3,5-13H2,1H3;1-2H3. The van der Waals surface area contributed by atoms with Crippen LogP contribution in [0.3, 0.4) is 0 Å². The lowest BCUT2D eigenvalue weighted by atomic mass is 9.73. The van der Waals surface area contributed by atoms with Crippen LogP contribution in [0, 0.1) is 5.41 Å². The normalized spacial score (nSPS) is 24.1. The van der Waals surface area contributed by atoms with Crippen molar-refractivity contribution in [1.29, 1.82) is 0 Å². The summed E-state index contributed by atoms with van der Waals surface area (Å²) in [5, 5.41) is 0. The molecule has 5 nitrogen and oxygen atoms in total. The largest absolute Gasteiger partial charge is 0.376 e. The Morgan fingerprint density at radius 2 is 1.59 bits per heavy atom. The highest BCUT2D eigenvalue weighted by molar-refractivity contribution is 5.79. The molecule has 0 aromatic rings. The van der Waals surface area contributed by atoms with Crippen molar-refractivity contribution in [1.82, 2.24) is 19.6 Å². The minimum atomic E-state index is 0.317. The molecule has 0 bridgehead atoms. The Balaban J connectivity index is 0.000000847. The summed E-state index contributed by atoms with van der Waals surface area (Å²) in [4.78, 5) is 21.3. The summed E-state index contributed by atoms with van der Waals surface area (Å²) >= 11 is 0. The van der Waals surface area contributed by atoms with Crippen molar-refractivity contribution in [3.05, 3.63) is 12.8 Å². The maximum absolute atomic E-state index is 12.3. The van der Waals surface area contributed by atoms with Gasteiger partial charge in [0.2, 0.25) is 5.91 Å². The molecule has 1 spiro atoms. The van der Waals surface area contributed by atoms with Gasteiger partial charge in [-0.1, -0.05) is 27.4 Å². The van der Waals surface area contributed by atoms with Gasteiger partial charge >= 0.3 is 0 Å². The van der Waals surface area contributed by atoms with Gasteiger partial charge in [-0.05, 0) is 12.7 Å². The van der Waals surface area contributed by atoms with Crippen LogP contribution >= 0.6 is 0 Å². The first-order valence-electron chi connectivity index (χ1n) is 8.73. The van der Waals surface area contributed by atoms with Crippen LogP contribution in [0.5, 0.6) is 0 Å². The van der Waals surface area contributed by atoms with Crippen LogP contribution in [0.15, 0.2) is 12.8 Å². The van der Waals surface area contributed by atoms with Gasteiger partial charge in [-0.25, -0.2) is 0 Å². The highest BCUT2D eigenvalue weighted by Gasteiger charge is 2.52. The van der Waals surface area contributed by atoms with Gasteiger partial charge in [-0.3, -0.25) is 9.69 Å². The van der Waals surface area contributed by atoms with Crippen molar-refractivity contribution in [3.63, 3.8) is 0 Å². The van der Waals surface area contributed by atoms with Gasteiger partial charge in [0.05, 0.1) is 6.54 Å². The van der Waals surface area contributed by atoms with E-state index in [0.717, 1.165) is 58.9 Å². The molecule has 0 saturated carbocycles. The summed E-state index contributed by atoms with van der Waals surface area (Å²) in [7, 11) is 0. The molecule has 0 aromatic carbocycles. The second-order valence-electron chi connectivity index (χ2n) is 6.55. The van der Waals surface area contributed by atoms with E-state index in [-0.39, 0.29) is 0 Å². The minimum Gasteiger partial charge on any atom is -0.376 e. The maximum atomic E-state index is 12.3. The maximum Gasteiger partial charge on any atom is 0.236 e. The van der Waals surface area contributed by atoms with Crippen molar-refractivity contribution in [2.75, 3.05) is 65.4 Å². The quantitative estimate of drug-likeness (QED) is 0.773. The molecule has 22 heavy (non-hydrogen) atoms. The number of amides is 1. The number of carbonyl (C=O) groups excluding carboxylic acids is 1. The first-order chi connectivity index (χ1) is 10.6. The predicted molar refractivity (Wildman–Crippen MR) is 90.7 cm³/mol. The zero-order chi connectivity index (χ0) is 16.2. The molecule has 0 unspecified atom stereocenters. The Kier molecular flexibility index (Phi) is 5.87. The van der Waals surface area contributed by atoms with E-state index in [0.29, 0.717) is 17.9 Å². The Morgan fingerprint density at radius 3 is 2.09 bits per heavy atom. The van der Waals surface area contributed by atoms with E-state index < -0.39 is 0 Å². The molecule has 0 radical (unpaired) electrons. The Hall–Kier alpha value is -1.07. The van der Waals surface area contributed by atoms with Crippen LogP contribution in [0.1, 0.15) is 20.8 Å². The average Bonchev–Trinajstić information content (AvgIpc) is 2.47. The second-order valence-corrected chi connectivity index (χ2v) is 6.55. The van der Waals surface area contributed by atoms with Gasteiger partial charge in [-0.2, -0.15) is 0 Å². The lowest BCUT2D eigenvalue weighted by molar-refractivity contribution is -0.156. The lowest BCUT2D eigenvalue weighted by Crippen LogP contribution is -2.72. The average molecular weight is 308 g/mol. The van der Waals surface area contributed by atoms with Crippen LogP contribution in [0.25, 0.3) is 0 Å². The van der Waals surface area contributed by atoms with E-state index in [2.05, 4.69) is 28.2 Å². The molecule has 126 valence electrons. The first kappa shape index (κ1) is 17.3. The molecule has 3 fully saturated rings. The number of likely N-dealkylation sites (N-methyl/N-ethyl adjacent to an activating group) is 1. The summed E-state index contributed by atoms with van der Waals surface area (Å²) < 4.78 is 0. The number of hydrogen-bond donors (Lipinski definition) is 0. The third-order valence-corrected chi connectivity index (χ3v) is 5.01. The molecule has 3 aliphatic rings. The molecular weight excluding hydrogens is 276 g/mol. The van der Waals surface area contributed by atoms with Crippen molar-refractivity contribution in [3.8, 4) is 0 Å². The van der Waals surface area contributed by atoms with Gasteiger partial charge in [-0.15, -0.1) is 0 Å². The number of nitrogens with zero attached hydrogens (tertiary/aromatic N) is 4. The van der Waals surface area contributed by atoms with Crippen molar-refractivity contribution in [2.45, 2.75) is 20.8 Å². The molecule has 3 rings (SSSR count). The Labute approximate surface area is 135 Å². The van der Waals surface area contributed by atoms with Gasteiger partial charge in [0.25, 0.3) is 0 Å². The number of rotatable bonds is 4. The molecule has 0 atom stereocenters. The number of piperazine rings is 1. The van der Waals surface area contributed by atoms with Crippen LogP contribution in [0.2, 0.25) is 0 Å². The molecular formula is C17H32N4O. The van der Waals surface area contributed by atoms with E-state index in [1.165, 1.54) is 0 Å². The van der Waals surface area contributed by atoms with Gasteiger partial charge < -0.3 is 14.7 Å². The van der Waals surface area contributed by atoms with Crippen LogP contribution in [0.4, 0.5) is 0 Å². The fraction of sp³-hybridized carbons (Fsp3) is 0.824. The summed E-state index contributed by atoms with van der Waals surface area (Å²) in [6.07, 6.45) is 1.91. The van der Waals surface area contributed by atoms with Crippen LogP contribution in [-0.2, 0) is 4.79 Å². The Bertz CT molecular complexity index is 376. The van der Waals surface area contributed by atoms with E-state index in [1.807, 2.05) is 24.9 Å². The zero-order valence-electron chi connectivity index (χ0n) is 14.6. The van der Waals surface area contributed by atoms with E-state index in [4.69, 9.17) is 0 Å². The van der Waals surface area contributed by atoms with Gasteiger partial charge in [0.15, 0.2) is 0 Å². The third kappa shape index (κ3) is 3.63. The molecule has 0 aromatic heterocycles. The molecule has 3 aliphatic heterocycles. The highest BCUT2D eigenvalue weighted by Crippen LogP contribution is 2.39. The summed E-state index contributed by atoms with van der Waals surface area (Å²) in [6.45, 7) is 20.0. The Morgan fingerprint density at radius 1 is 1.05 bits per heavy atom. The first-order valence-corrected chi connectivity index (χ1v) is 8.73. The second kappa shape index (κ2) is 7.47. The van der Waals surface area contributed by atoms with Crippen molar-refractivity contribution in [2.24, 2.45) is 5.41 Å². The molecule has 3 saturated heterocycles. The lowest BCUT2D eigenvalue weighted by Gasteiger charge is -2.60. The number of likely N-dealkylation sites (tertiary alicyclic amines) is 2. The van der Waals surface area contributed by atoms with Crippen molar-refractivity contribution < 1.29 is 4.79 Å². The van der Waals surface area contributed by atoms with Crippen molar-refractivity contribution >= 4 is 5.91 Å². The number of carbonyl (C=O) groups is 1. The van der Waals surface area contributed by atoms with E-state index >= 15 is 0 Å². The molecule has 3 heterocycles. The third-order valence-electron chi connectivity index (χ3n) is 5.01. The minimum absolute atomic E-state index is 0.317. The van der Waals surface area contributed by atoms with Crippen LogP contribution < -0.4 is 0 Å². The molecule has 0 aliphatic carbocycles. The fourth-order valence-electron chi connectivity index (χ4n) is 3.64. The summed E-state index contributed by atoms with van der Waals surface area (Å²) in [5.74, 6) is 0.317.